The number of aromatic nitrogens is 2. The van der Waals surface area contributed by atoms with Crippen LogP contribution in [0.4, 0.5) is 0 Å². The number of piperazine rings is 1. The molecule has 0 aromatic carbocycles. The monoisotopic (exact) mass is 236 g/mol. The fourth-order valence-corrected chi connectivity index (χ4v) is 2.17. The first-order valence-electron chi connectivity index (χ1n) is 6.14. The van der Waals surface area contributed by atoms with Gasteiger partial charge in [0.05, 0.1) is 6.20 Å². The molecule has 17 heavy (non-hydrogen) atoms. The van der Waals surface area contributed by atoms with Crippen molar-refractivity contribution >= 4 is 5.91 Å². The standard InChI is InChI=1S/C12H20N4O/c1-10-8-16(6-5-13-10)12(17)4-3-11-7-14-15(2)9-11/h7,9-10,13H,3-6,8H2,1-2H3. The zero-order valence-corrected chi connectivity index (χ0v) is 10.5. The van der Waals surface area contributed by atoms with Crippen molar-refractivity contribution in [3.8, 4) is 0 Å². The van der Waals surface area contributed by atoms with Crippen molar-refractivity contribution in [3.05, 3.63) is 18.0 Å². The van der Waals surface area contributed by atoms with Crippen LogP contribution in [-0.4, -0.2) is 46.3 Å². The largest absolute Gasteiger partial charge is 0.340 e. The molecule has 0 spiro atoms. The van der Waals surface area contributed by atoms with Gasteiger partial charge in [0, 0.05) is 45.3 Å². The van der Waals surface area contributed by atoms with Crippen molar-refractivity contribution in [1.82, 2.24) is 20.0 Å². The molecule has 1 aromatic rings. The van der Waals surface area contributed by atoms with E-state index in [1.165, 1.54) is 0 Å². The third-order valence-corrected chi connectivity index (χ3v) is 3.11. The molecule has 1 atom stereocenters. The minimum atomic E-state index is 0.252. The molecule has 1 amide bonds. The highest BCUT2D eigenvalue weighted by molar-refractivity contribution is 5.76. The summed E-state index contributed by atoms with van der Waals surface area (Å²) in [6.07, 6.45) is 5.16. The third kappa shape index (κ3) is 3.30. The van der Waals surface area contributed by atoms with Crippen molar-refractivity contribution in [3.63, 3.8) is 0 Å². The maximum atomic E-state index is 12.0. The number of carbonyl (C=O) groups is 1. The average molecular weight is 236 g/mol. The Morgan fingerprint density at radius 3 is 3.12 bits per heavy atom. The molecule has 1 aliphatic rings. The van der Waals surface area contributed by atoms with Crippen molar-refractivity contribution in [2.24, 2.45) is 7.05 Å². The lowest BCUT2D eigenvalue weighted by Gasteiger charge is -2.31. The van der Waals surface area contributed by atoms with Gasteiger partial charge in [0.25, 0.3) is 0 Å². The number of nitrogens with zero attached hydrogens (tertiary/aromatic N) is 3. The lowest BCUT2D eigenvalue weighted by Crippen LogP contribution is -2.51. The quantitative estimate of drug-likeness (QED) is 0.814. The molecular weight excluding hydrogens is 216 g/mol. The topological polar surface area (TPSA) is 50.2 Å². The summed E-state index contributed by atoms with van der Waals surface area (Å²) in [7, 11) is 1.89. The molecule has 5 nitrogen and oxygen atoms in total. The fourth-order valence-electron chi connectivity index (χ4n) is 2.17. The molecule has 2 rings (SSSR count). The third-order valence-electron chi connectivity index (χ3n) is 3.11. The number of amides is 1. The average Bonchev–Trinajstić information content (AvgIpc) is 2.72. The molecule has 5 heteroatoms. The SMILES string of the molecule is CC1CN(C(=O)CCc2cnn(C)c2)CCN1. The smallest absolute Gasteiger partial charge is 0.223 e. The van der Waals surface area contributed by atoms with Crippen molar-refractivity contribution in [2.75, 3.05) is 19.6 Å². The number of aryl methyl sites for hydroxylation is 2. The maximum absolute atomic E-state index is 12.0. The van der Waals surface area contributed by atoms with Crippen LogP contribution in [-0.2, 0) is 18.3 Å². The molecule has 1 fully saturated rings. The van der Waals surface area contributed by atoms with E-state index in [1.807, 2.05) is 24.3 Å². The lowest BCUT2D eigenvalue weighted by molar-refractivity contribution is -0.132. The van der Waals surface area contributed by atoms with E-state index < -0.39 is 0 Å². The van der Waals surface area contributed by atoms with Crippen LogP contribution < -0.4 is 5.32 Å². The summed E-state index contributed by atoms with van der Waals surface area (Å²) in [6.45, 7) is 4.67. The van der Waals surface area contributed by atoms with E-state index in [0.29, 0.717) is 12.5 Å². The molecule has 1 N–H and O–H groups in total. The normalized spacial score (nSPS) is 20.6. The van der Waals surface area contributed by atoms with Crippen molar-refractivity contribution < 1.29 is 4.79 Å². The summed E-state index contributed by atoms with van der Waals surface area (Å²) in [5, 5.41) is 7.44. The minimum Gasteiger partial charge on any atom is -0.340 e. The van der Waals surface area contributed by atoms with E-state index in [-0.39, 0.29) is 5.91 Å². The van der Waals surface area contributed by atoms with Crippen molar-refractivity contribution in [2.45, 2.75) is 25.8 Å². The zero-order chi connectivity index (χ0) is 12.3. The van der Waals surface area contributed by atoms with Gasteiger partial charge in [-0.1, -0.05) is 0 Å². The molecule has 0 aliphatic carbocycles. The highest BCUT2D eigenvalue weighted by Crippen LogP contribution is 2.06. The second kappa shape index (κ2) is 5.31. The van der Waals surface area contributed by atoms with E-state index in [1.54, 1.807) is 4.68 Å². The van der Waals surface area contributed by atoms with Gasteiger partial charge in [-0.25, -0.2) is 0 Å². The van der Waals surface area contributed by atoms with E-state index in [4.69, 9.17) is 0 Å². The van der Waals surface area contributed by atoms with Gasteiger partial charge >= 0.3 is 0 Å². The number of carbonyl (C=O) groups excluding carboxylic acids is 1. The molecule has 0 saturated carbocycles. The van der Waals surface area contributed by atoms with Gasteiger partial charge in [0.2, 0.25) is 5.91 Å². The molecule has 1 aliphatic heterocycles. The Bertz CT molecular complexity index is 388. The number of hydrogen-bond donors (Lipinski definition) is 1. The maximum Gasteiger partial charge on any atom is 0.223 e. The number of nitrogens with one attached hydrogen (secondary N) is 1. The van der Waals surface area contributed by atoms with Crippen LogP contribution >= 0.6 is 0 Å². The van der Waals surface area contributed by atoms with Gasteiger partial charge in [-0.3, -0.25) is 9.48 Å². The van der Waals surface area contributed by atoms with Gasteiger partial charge in [-0.15, -0.1) is 0 Å². The van der Waals surface area contributed by atoms with Crippen LogP contribution in [0.5, 0.6) is 0 Å². The predicted molar refractivity (Wildman–Crippen MR) is 65.6 cm³/mol. The molecule has 2 heterocycles. The Morgan fingerprint density at radius 1 is 1.65 bits per heavy atom. The molecule has 1 saturated heterocycles. The number of hydrogen-bond acceptors (Lipinski definition) is 3. The first-order valence-corrected chi connectivity index (χ1v) is 6.14. The summed E-state index contributed by atoms with van der Waals surface area (Å²) in [5.41, 5.74) is 1.13. The molecular formula is C12H20N4O. The van der Waals surface area contributed by atoms with Gasteiger partial charge in [0.1, 0.15) is 0 Å². The Balaban J connectivity index is 1.80. The Kier molecular flexibility index (Phi) is 3.78. The fraction of sp³-hybridized carbons (Fsp3) is 0.667. The van der Waals surface area contributed by atoms with E-state index >= 15 is 0 Å². The van der Waals surface area contributed by atoms with Gasteiger partial charge in [-0.05, 0) is 18.9 Å². The highest BCUT2D eigenvalue weighted by atomic mass is 16.2. The predicted octanol–water partition coefficient (Wildman–Crippen LogP) is 0.173. The van der Waals surface area contributed by atoms with Crippen LogP contribution in [0.3, 0.4) is 0 Å². The van der Waals surface area contributed by atoms with Crippen LogP contribution in [0.15, 0.2) is 12.4 Å². The lowest BCUT2D eigenvalue weighted by atomic mass is 10.1. The molecule has 1 aromatic heterocycles. The van der Waals surface area contributed by atoms with Crippen LogP contribution in [0.1, 0.15) is 18.9 Å². The summed E-state index contributed by atoms with van der Waals surface area (Å²) >= 11 is 0. The van der Waals surface area contributed by atoms with Gasteiger partial charge in [-0.2, -0.15) is 5.10 Å². The molecule has 0 bridgehead atoms. The second-order valence-electron chi connectivity index (χ2n) is 4.72. The van der Waals surface area contributed by atoms with Crippen LogP contribution in [0, 0.1) is 0 Å². The van der Waals surface area contributed by atoms with Crippen LogP contribution in [0.2, 0.25) is 0 Å². The van der Waals surface area contributed by atoms with Gasteiger partial charge < -0.3 is 10.2 Å². The summed E-state index contributed by atoms with van der Waals surface area (Å²) < 4.78 is 1.77. The van der Waals surface area contributed by atoms with E-state index in [0.717, 1.165) is 31.6 Å². The van der Waals surface area contributed by atoms with Gasteiger partial charge in [0.15, 0.2) is 0 Å². The zero-order valence-electron chi connectivity index (χ0n) is 10.5. The van der Waals surface area contributed by atoms with E-state index in [2.05, 4.69) is 17.3 Å². The Morgan fingerprint density at radius 2 is 2.47 bits per heavy atom. The first kappa shape index (κ1) is 12.1. The summed E-state index contributed by atoms with van der Waals surface area (Å²) in [5.74, 6) is 0.252. The minimum absolute atomic E-state index is 0.252. The first-order chi connectivity index (χ1) is 8.15. The van der Waals surface area contributed by atoms with E-state index in [9.17, 15) is 4.79 Å². The summed E-state index contributed by atoms with van der Waals surface area (Å²) in [6, 6.07) is 0.408. The second-order valence-corrected chi connectivity index (χ2v) is 4.72. The van der Waals surface area contributed by atoms with Crippen LogP contribution in [0.25, 0.3) is 0 Å². The number of rotatable bonds is 3. The summed E-state index contributed by atoms with van der Waals surface area (Å²) in [4.78, 5) is 14.0. The molecule has 1 unspecified atom stereocenters. The van der Waals surface area contributed by atoms with Crippen molar-refractivity contribution in [1.29, 1.82) is 0 Å². The Hall–Kier alpha value is -1.36. The highest BCUT2D eigenvalue weighted by Gasteiger charge is 2.19. The molecule has 94 valence electrons. The molecule has 0 radical (unpaired) electrons. The Labute approximate surface area is 102 Å².